The third-order valence-corrected chi connectivity index (χ3v) is 3.81. The van der Waals surface area contributed by atoms with Crippen molar-refractivity contribution < 1.29 is 0 Å². The fourth-order valence-corrected chi connectivity index (χ4v) is 2.58. The first-order valence-corrected chi connectivity index (χ1v) is 8.31. The molecule has 0 saturated heterocycles. The predicted molar refractivity (Wildman–Crippen MR) is 82.3 cm³/mol. The summed E-state index contributed by atoms with van der Waals surface area (Å²) in [7, 11) is 0. The van der Waals surface area contributed by atoms with Gasteiger partial charge in [0.15, 0.2) is 5.16 Å². The van der Waals surface area contributed by atoms with Crippen molar-refractivity contribution in [3.8, 4) is 0 Å². The molecule has 0 fully saturated rings. The van der Waals surface area contributed by atoms with E-state index < -0.39 is 0 Å². The van der Waals surface area contributed by atoms with E-state index in [1.165, 1.54) is 11.8 Å². The summed E-state index contributed by atoms with van der Waals surface area (Å²) in [5.41, 5.74) is 2.56. The molecule has 18 heavy (non-hydrogen) atoms. The van der Waals surface area contributed by atoms with Crippen LogP contribution in [0.3, 0.4) is 0 Å². The van der Waals surface area contributed by atoms with E-state index >= 15 is 0 Å². The fraction of sp³-hybridized carbons (Fsp3) is 0.636. The molecule has 0 spiro atoms. The summed E-state index contributed by atoms with van der Waals surface area (Å²) >= 11 is 3.45. The molecule has 1 heterocycles. The largest absolute Gasteiger partial charge is 0.367 e. The van der Waals surface area contributed by atoms with Crippen LogP contribution in [0.5, 0.6) is 0 Å². The van der Waals surface area contributed by atoms with Gasteiger partial charge in [0.1, 0.15) is 11.6 Å². The molecule has 0 aromatic carbocycles. The molecule has 1 unspecified atom stereocenters. The quantitative estimate of drug-likeness (QED) is 0.223. The highest BCUT2D eigenvalue weighted by Gasteiger charge is 2.06. The highest BCUT2D eigenvalue weighted by Crippen LogP contribution is 2.18. The summed E-state index contributed by atoms with van der Waals surface area (Å²) in [6.07, 6.45) is 3.06. The number of rotatable bonds is 8. The molecule has 0 radical (unpaired) electrons. The van der Waals surface area contributed by atoms with Crippen molar-refractivity contribution in [2.75, 3.05) is 28.5 Å². The predicted octanol–water partition coefficient (Wildman–Crippen LogP) is 2.43. The van der Waals surface area contributed by atoms with E-state index in [1.807, 2.05) is 24.1 Å². The van der Waals surface area contributed by atoms with Crippen LogP contribution in [0.2, 0.25) is 0 Å². The van der Waals surface area contributed by atoms with Crippen LogP contribution in [-0.4, -0.2) is 33.8 Å². The zero-order valence-corrected chi connectivity index (χ0v) is 12.7. The summed E-state index contributed by atoms with van der Waals surface area (Å²) in [5, 5.41) is 4.09. The van der Waals surface area contributed by atoms with E-state index in [-0.39, 0.29) is 0 Å². The van der Waals surface area contributed by atoms with Gasteiger partial charge in [0.2, 0.25) is 0 Å². The van der Waals surface area contributed by atoms with Gasteiger partial charge in [0, 0.05) is 12.1 Å². The van der Waals surface area contributed by atoms with E-state index in [1.54, 1.807) is 0 Å². The van der Waals surface area contributed by atoms with Crippen molar-refractivity contribution in [1.29, 1.82) is 0 Å². The van der Waals surface area contributed by atoms with Crippen molar-refractivity contribution in [3.05, 3.63) is 6.07 Å². The molecule has 5 nitrogen and oxygen atoms in total. The third kappa shape index (κ3) is 5.32. The van der Waals surface area contributed by atoms with Crippen molar-refractivity contribution in [3.63, 3.8) is 0 Å². The maximum absolute atomic E-state index is 5.39. The van der Waals surface area contributed by atoms with Gasteiger partial charge in [-0.25, -0.2) is 15.8 Å². The minimum absolute atomic E-state index is 0.388. The standard InChI is InChI=1S/C11H21N5S2/c1-4-18-6-5-8(2)13-9-7-10(16-12)15-11(14-9)17-3/h7-8H,4-6,12H2,1-3H3,(H2,13,14,15,16). The molecule has 0 aliphatic heterocycles. The lowest BCUT2D eigenvalue weighted by molar-refractivity contribution is 0.761. The van der Waals surface area contributed by atoms with Crippen molar-refractivity contribution >= 4 is 35.2 Å². The van der Waals surface area contributed by atoms with E-state index in [2.05, 4.69) is 34.6 Å². The summed E-state index contributed by atoms with van der Waals surface area (Å²) in [4.78, 5) is 8.63. The Balaban J connectivity index is 2.59. The van der Waals surface area contributed by atoms with Crippen LogP contribution < -0.4 is 16.6 Å². The van der Waals surface area contributed by atoms with Gasteiger partial charge in [-0.05, 0) is 31.1 Å². The van der Waals surface area contributed by atoms with Gasteiger partial charge in [0.25, 0.3) is 0 Å². The Morgan fingerprint density at radius 3 is 2.72 bits per heavy atom. The van der Waals surface area contributed by atoms with Crippen molar-refractivity contribution in [2.45, 2.75) is 31.5 Å². The Morgan fingerprint density at radius 2 is 2.11 bits per heavy atom. The molecule has 1 aromatic rings. The maximum atomic E-state index is 5.39. The van der Waals surface area contributed by atoms with Gasteiger partial charge in [-0.1, -0.05) is 18.7 Å². The molecule has 0 saturated carbocycles. The molecular weight excluding hydrogens is 266 g/mol. The number of nitrogens with two attached hydrogens (primary N) is 1. The first kappa shape index (κ1) is 15.4. The second-order valence-electron chi connectivity index (χ2n) is 3.80. The minimum atomic E-state index is 0.388. The van der Waals surface area contributed by atoms with E-state index in [9.17, 15) is 0 Å². The molecule has 0 aliphatic rings. The third-order valence-electron chi connectivity index (χ3n) is 2.33. The number of nitrogens with one attached hydrogen (secondary N) is 2. The molecule has 0 amide bonds. The molecule has 1 aromatic heterocycles. The van der Waals surface area contributed by atoms with Crippen LogP contribution in [0.1, 0.15) is 20.3 Å². The Hall–Kier alpha value is -0.660. The smallest absolute Gasteiger partial charge is 0.191 e. The van der Waals surface area contributed by atoms with Crippen LogP contribution in [0.15, 0.2) is 11.2 Å². The highest BCUT2D eigenvalue weighted by molar-refractivity contribution is 7.99. The zero-order valence-electron chi connectivity index (χ0n) is 11.1. The van der Waals surface area contributed by atoms with Crippen molar-refractivity contribution in [2.24, 2.45) is 5.84 Å². The van der Waals surface area contributed by atoms with Crippen LogP contribution in [0.25, 0.3) is 0 Å². The Labute approximate surface area is 117 Å². The zero-order chi connectivity index (χ0) is 13.4. The number of nitrogens with zero attached hydrogens (tertiary/aromatic N) is 2. The molecule has 1 atom stereocenters. The topological polar surface area (TPSA) is 75.9 Å². The summed E-state index contributed by atoms with van der Waals surface area (Å²) in [6.45, 7) is 4.34. The van der Waals surface area contributed by atoms with Gasteiger partial charge in [0.05, 0.1) is 0 Å². The molecule has 7 heteroatoms. The summed E-state index contributed by atoms with van der Waals surface area (Å²) < 4.78 is 0. The number of hydrazine groups is 1. The van der Waals surface area contributed by atoms with Crippen molar-refractivity contribution in [1.82, 2.24) is 9.97 Å². The summed E-state index contributed by atoms with van der Waals surface area (Å²) in [5.74, 6) is 9.16. The minimum Gasteiger partial charge on any atom is -0.367 e. The lowest BCUT2D eigenvalue weighted by atomic mass is 10.2. The van der Waals surface area contributed by atoms with Gasteiger partial charge in [-0.15, -0.1) is 0 Å². The monoisotopic (exact) mass is 287 g/mol. The average Bonchev–Trinajstić information content (AvgIpc) is 2.38. The number of aromatic nitrogens is 2. The Morgan fingerprint density at radius 1 is 1.39 bits per heavy atom. The first-order valence-electron chi connectivity index (χ1n) is 5.93. The van der Waals surface area contributed by atoms with Crippen LogP contribution >= 0.6 is 23.5 Å². The van der Waals surface area contributed by atoms with Gasteiger partial charge in [-0.3, -0.25) is 0 Å². The Bertz CT molecular complexity index is 339. The second-order valence-corrected chi connectivity index (χ2v) is 5.97. The van der Waals surface area contributed by atoms with Crippen LogP contribution in [0.4, 0.5) is 11.6 Å². The van der Waals surface area contributed by atoms with Crippen LogP contribution in [0, 0.1) is 0 Å². The number of hydrogen-bond donors (Lipinski definition) is 3. The van der Waals surface area contributed by atoms with Gasteiger partial charge >= 0.3 is 0 Å². The number of hydrogen-bond acceptors (Lipinski definition) is 7. The van der Waals surface area contributed by atoms with Gasteiger partial charge in [-0.2, -0.15) is 11.8 Å². The molecule has 1 rings (SSSR count). The van der Waals surface area contributed by atoms with Crippen LogP contribution in [-0.2, 0) is 0 Å². The maximum Gasteiger partial charge on any atom is 0.191 e. The fourth-order valence-electron chi connectivity index (χ4n) is 1.39. The number of anilines is 2. The average molecular weight is 287 g/mol. The SMILES string of the molecule is CCSCCC(C)Nc1cc(NN)nc(SC)n1. The number of nitrogen functional groups attached to an aromatic ring is 1. The molecular formula is C11H21N5S2. The van der Waals surface area contributed by atoms with Gasteiger partial charge < -0.3 is 10.7 Å². The molecule has 4 N–H and O–H groups in total. The molecule has 0 bridgehead atoms. The molecule has 102 valence electrons. The summed E-state index contributed by atoms with van der Waals surface area (Å²) in [6, 6.07) is 2.21. The second kappa shape index (κ2) is 8.44. The van der Waals surface area contributed by atoms with E-state index in [0.29, 0.717) is 17.0 Å². The number of thioether (sulfide) groups is 2. The lowest BCUT2D eigenvalue weighted by Gasteiger charge is -2.15. The normalized spacial score (nSPS) is 12.2. The van der Waals surface area contributed by atoms with E-state index in [4.69, 9.17) is 5.84 Å². The Kier molecular flexibility index (Phi) is 7.22. The molecule has 0 aliphatic carbocycles. The lowest BCUT2D eigenvalue weighted by Crippen LogP contribution is -2.18. The van der Waals surface area contributed by atoms with E-state index in [0.717, 1.165) is 23.7 Å². The highest BCUT2D eigenvalue weighted by atomic mass is 32.2. The first-order chi connectivity index (χ1) is 8.69.